The first kappa shape index (κ1) is 7.62. The van der Waals surface area contributed by atoms with Crippen molar-refractivity contribution in [3.8, 4) is 0 Å². The van der Waals surface area contributed by atoms with Crippen molar-refractivity contribution in [3.05, 3.63) is 28.5 Å². The number of hydrogen-bond donors (Lipinski definition) is 1. The van der Waals surface area contributed by atoms with Crippen molar-refractivity contribution in [3.63, 3.8) is 0 Å². The molecule has 0 bridgehead atoms. The Morgan fingerprint density at radius 1 is 1.33 bits per heavy atom. The molecule has 1 heterocycles. The van der Waals surface area contributed by atoms with Crippen LogP contribution in [0.5, 0.6) is 0 Å². The minimum Gasteiger partial charge on any atom is -0.342 e. The molecule has 1 aromatic heterocycles. The van der Waals surface area contributed by atoms with Gasteiger partial charge in [-0.25, -0.2) is 4.98 Å². The normalized spacial score (nSPS) is 10.9. The zero-order valence-corrected chi connectivity index (χ0v) is 7.74. The number of imidazole rings is 1. The molecule has 12 heavy (non-hydrogen) atoms. The van der Waals surface area contributed by atoms with Gasteiger partial charge in [-0.15, -0.1) is 0 Å². The standard InChI is InChI=1S/C9H9ClN2/c1-5-3-8-9(4-7(5)10)12-6(2)11-8/h3-4H,1-2H3,(H,11,12). The highest BCUT2D eigenvalue weighted by molar-refractivity contribution is 6.32. The van der Waals surface area contributed by atoms with Crippen molar-refractivity contribution in [1.29, 1.82) is 0 Å². The van der Waals surface area contributed by atoms with E-state index < -0.39 is 0 Å². The molecule has 0 aliphatic heterocycles. The summed E-state index contributed by atoms with van der Waals surface area (Å²) in [7, 11) is 0. The van der Waals surface area contributed by atoms with Crippen molar-refractivity contribution in [2.75, 3.05) is 0 Å². The molecule has 0 fully saturated rings. The van der Waals surface area contributed by atoms with Gasteiger partial charge in [-0.3, -0.25) is 0 Å². The second-order valence-corrected chi connectivity index (χ2v) is 3.35. The first-order valence-corrected chi connectivity index (χ1v) is 4.17. The topological polar surface area (TPSA) is 28.7 Å². The van der Waals surface area contributed by atoms with Crippen LogP contribution in [0.3, 0.4) is 0 Å². The number of fused-ring (bicyclic) bond motifs is 1. The smallest absolute Gasteiger partial charge is 0.104 e. The summed E-state index contributed by atoms with van der Waals surface area (Å²) < 4.78 is 0. The Bertz CT molecular complexity index is 392. The highest BCUT2D eigenvalue weighted by Crippen LogP contribution is 2.21. The maximum atomic E-state index is 5.94. The molecule has 1 aromatic carbocycles. The number of hydrogen-bond acceptors (Lipinski definition) is 1. The summed E-state index contributed by atoms with van der Waals surface area (Å²) >= 11 is 5.94. The van der Waals surface area contributed by atoms with Crippen molar-refractivity contribution < 1.29 is 0 Å². The van der Waals surface area contributed by atoms with Crippen molar-refractivity contribution in [2.24, 2.45) is 0 Å². The Hall–Kier alpha value is -1.02. The first-order valence-electron chi connectivity index (χ1n) is 3.79. The Morgan fingerprint density at radius 2 is 2.08 bits per heavy atom. The second-order valence-electron chi connectivity index (χ2n) is 2.94. The molecule has 1 N–H and O–H groups in total. The summed E-state index contributed by atoms with van der Waals surface area (Å²) in [6.45, 7) is 3.92. The van der Waals surface area contributed by atoms with E-state index >= 15 is 0 Å². The van der Waals surface area contributed by atoms with E-state index in [4.69, 9.17) is 11.6 Å². The van der Waals surface area contributed by atoms with Crippen molar-refractivity contribution in [2.45, 2.75) is 13.8 Å². The Morgan fingerprint density at radius 3 is 2.83 bits per heavy atom. The second kappa shape index (κ2) is 2.49. The van der Waals surface area contributed by atoms with E-state index in [0.29, 0.717) is 0 Å². The molecule has 0 spiro atoms. The molecule has 0 saturated carbocycles. The van der Waals surface area contributed by atoms with Crippen LogP contribution >= 0.6 is 11.6 Å². The highest BCUT2D eigenvalue weighted by Gasteiger charge is 2.02. The number of rotatable bonds is 0. The van der Waals surface area contributed by atoms with Crippen molar-refractivity contribution in [1.82, 2.24) is 9.97 Å². The molecule has 0 aliphatic rings. The van der Waals surface area contributed by atoms with Gasteiger partial charge in [0, 0.05) is 5.02 Å². The number of nitrogens with zero attached hydrogens (tertiary/aromatic N) is 1. The maximum absolute atomic E-state index is 5.94. The lowest BCUT2D eigenvalue weighted by atomic mass is 10.2. The summed E-state index contributed by atoms with van der Waals surface area (Å²) in [4.78, 5) is 7.43. The van der Waals surface area contributed by atoms with Crippen LogP contribution in [0.25, 0.3) is 11.0 Å². The number of aromatic nitrogens is 2. The minimum atomic E-state index is 0.772. The van der Waals surface area contributed by atoms with E-state index in [9.17, 15) is 0 Å². The first-order chi connectivity index (χ1) is 5.66. The molecule has 2 nitrogen and oxygen atoms in total. The summed E-state index contributed by atoms with van der Waals surface area (Å²) in [5.41, 5.74) is 3.06. The van der Waals surface area contributed by atoms with Crippen LogP contribution in [0.2, 0.25) is 5.02 Å². The molecule has 2 rings (SSSR count). The summed E-state index contributed by atoms with van der Waals surface area (Å²) in [6, 6.07) is 3.90. The fourth-order valence-corrected chi connectivity index (χ4v) is 1.43. The third-order valence-corrected chi connectivity index (χ3v) is 2.29. The van der Waals surface area contributed by atoms with Gasteiger partial charge >= 0.3 is 0 Å². The Balaban J connectivity index is 2.83. The molecule has 62 valence electrons. The molecular weight excluding hydrogens is 172 g/mol. The van der Waals surface area contributed by atoms with Gasteiger partial charge in [0.25, 0.3) is 0 Å². The number of halogens is 1. The Labute approximate surface area is 75.6 Å². The average molecular weight is 181 g/mol. The molecule has 3 heteroatoms. The fourth-order valence-electron chi connectivity index (χ4n) is 1.27. The largest absolute Gasteiger partial charge is 0.342 e. The van der Waals surface area contributed by atoms with E-state index in [1.165, 1.54) is 0 Å². The van der Waals surface area contributed by atoms with Gasteiger partial charge in [0.2, 0.25) is 0 Å². The van der Waals surface area contributed by atoms with Gasteiger partial charge in [-0.2, -0.15) is 0 Å². The number of aromatic amines is 1. The van der Waals surface area contributed by atoms with Crippen LogP contribution in [0.15, 0.2) is 12.1 Å². The predicted octanol–water partition coefficient (Wildman–Crippen LogP) is 2.83. The lowest BCUT2D eigenvalue weighted by Gasteiger charge is -1.95. The van der Waals surface area contributed by atoms with Gasteiger partial charge in [-0.1, -0.05) is 11.6 Å². The van der Waals surface area contributed by atoms with Crippen LogP contribution in [-0.2, 0) is 0 Å². The van der Waals surface area contributed by atoms with Crippen molar-refractivity contribution >= 4 is 22.6 Å². The highest BCUT2D eigenvalue weighted by atomic mass is 35.5. The summed E-state index contributed by atoms with van der Waals surface area (Å²) in [5.74, 6) is 0.923. The van der Waals surface area contributed by atoms with Crippen LogP contribution in [0.1, 0.15) is 11.4 Å². The number of aryl methyl sites for hydroxylation is 2. The average Bonchev–Trinajstić information content (AvgIpc) is 2.30. The number of H-pyrrole nitrogens is 1. The third-order valence-electron chi connectivity index (χ3n) is 1.88. The molecule has 2 aromatic rings. The lowest BCUT2D eigenvalue weighted by molar-refractivity contribution is 1.17. The van der Waals surface area contributed by atoms with E-state index in [0.717, 1.165) is 27.4 Å². The predicted molar refractivity (Wildman–Crippen MR) is 50.6 cm³/mol. The fraction of sp³-hybridized carbons (Fsp3) is 0.222. The van der Waals surface area contributed by atoms with E-state index in [-0.39, 0.29) is 0 Å². The SMILES string of the molecule is Cc1nc2cc(Cl)c(C)cc2[nH]1. The van der Waals surface area contributed by atoms with Gasteiger partial charge in [-0.05, 0) is 31.5 Å². The number of benzene rings is 1. The lowest BCUT2D eigenvalue weighted by Crippen LogP contribution is -1.75. The van der Waals surface area contributed by atoms with Gasteiger partial charge in [0.15, 0.2) is 0 Å². The summed E-state index contributed by atoms with van der Waals surface area (Å²) in [5, 5.41) is 0.772. The van der Waals surface area contributed by atoms with Gasteiger partial charge < -0.3 is 4.98 Å². The van der Waals surface area contributed by atoms with Gasteiger partial charge in [0.05, 0.1) is 11.0 Å². The summed E-state index contributed by atoms with van der Waals surface area (Å²) in [6.07, 6.45) is 0. The van der Waals surface area contributed by atoms with Crippen LogP contribution in [0.4, 0.5) is 0 Å². The van der Waals surface area contributed by atoms with Crippen LogP contribution in [-0.4, -0.2) is 9.97 Å². The molecule has 0 saturated heterocycles. The van der Waals surface area contributed by atoms with Crippen LogP contribution < -0.4 is 0 Å². The molecule has 0 radical (unpaired) electrons. The van der Waals surface area contributed by atoms with E-state index in [1.54, 1.807) is 0 Å². The molecule has 0 amide bonds. The maximum Gasteiger partial charge on any atom is 0.104 e. The molecule has 0 aliphatic carbocycles. The number of nitrogens with one attached hydrogen (secondary N) is 1. The van der Waals surface area contributed by atoms with E-state index in [2.05, 4.69) is 9.97 Å². The third kappa shape index (κ3) is 1.08. The zero-order valence-electron chi connectivity index (χ0n) is 6.98. The molecule has 0 atom stereocenters. The Kier molecular flexibility index (Phi) is 1.58. The monoisotopic (exact) mass is 180 g/mol. The molecule has 0 unspecified atom stereocenters. The van der Waals surface area contributed by atoms with Gasteiger partial charge in [0.1, 0.15) is 5.82 Å². The zero-order chi connectivity index (χ0) is 8.72. The minimum absolute atomic E-state index is 0.772. The quantitative estimate of drug-likeness (QED) is 0.664. The molecular formula is C9H9ClN2. The van der Waals surface area contributed by atoms with E-state index in [1.807, 2.05) is 26.0 Å². The van der Waals surface area contributed by atoms with Crippen LogP contribution in [0, 0.1) is 13.8 Å².